The topological polar surface area (TPSA) is 242 Å². The smallest absolute Gasteiger partial charge is 0.502 e. The normalized spacial score (nSPS) is 34.7. The van der Waals surface area contributed by atoms with Crippen LogP contribution in [-0.4, -0.2) is 105 Å². The van der Waals surface area contributed by atoms with E-state index < -0.39 is 79.0 Å². The molecule has 7 N–H and O–H groups in total. The summed E-state index contributed by atoms with van der Waals surface area (Å²) in [6, 6.07) is 9.19. The van der Waals surface area contributed by atoms with Crippen LogP contribution in [0.2, 0.25) is 0 Å². The van der Waals surface area contributed by atoms with Gasteiger partial charge >= 0.3 is 18.1 Å². The molecule has 10 atom stereocenters. The molecular weight excluding hydrogens is 688 g/mol. The standard InChI is InChI=1S/C32H32O17S/c1-41-17-6-11(7-18(42-2)22(17)33)20-12-8-15-16(48-32(39,40)47-15)9-13(12)25(14-10-43-28(36)21(14)20)44-30-24(35)23(34)26-27(46-30)31(37,38)49-29(45-26)19-4-3-5-50-19/h3-9,14,20-21,23-27,29-30,33-35,37-40H,10H2,1-2H3. The molecular formula is C32H32O17S. The summed E-state index contributed by atoms with van der Waals surface area (Å²) in [5.41, 5.74) is 1.11. The van der Waals surface area contributed by atoms with Crippen molar-refractivity contribution in [2.45, 2.75) is 61.2 Å². The van der Waals surface area contributed by atoms with Crippen LogP contribution in [0.1, 0.15) is 39.9 Å². The molecule has 17 nitrogen and oxygen atoms in total. The number of esters is 1. The molecule has 5 heterocycles. The highest BCUT2D eigenvalue weighted by Gasteiger charge is 2.61. The lowest BCUT2D eigenvalue weighted by Crippen LogP contribution is -2.69. The quantitative estimate of drug-likeness (QED) is 0.131. The van der Waals surface area contributed by atoms with Crippen molar-refractivity contribution in [1.82, 2.24) is 0 Å². The van der Waals surface area contributed by atoms with Gasteiger partial charge in [-0.25, -0.2) is 0 Å². The third-order valence-corrected chi connectivity index (χ3v) is 10.5. The summed E-state index contributed by atoms with van der Waals surface area (Å²) in [5.74, 6) is -6.64. The monoisotopic (exact) mass is 720 g/mol. The molecule has 18 heteroatoms. The number of hydrogen-bond donors (Lipinski definition) is 7. The number of aliphatic hydroxyl groups is 6. The molecule has 3 aromatic rings. The molecule has 1 aromatic heterocycles. The van der Waals surface area contributed by atoms with E-state index in [1.807, 2.05) is 0 Å². The summed E-state index contributed by atoms with van der Waals surface area (Å²) in [4.78, 5) is 14.0. The Morgan fingerprint density at radius 2 is 1.60 bits per heavy atom. The number of fused-ring (bicyclic) bond motifs is 4. The molecule has 8 rings (SSSR count). The largest absolute Gasteiger partial charge is 0.505 e. The fourth-order valence-corrected chi connectivity index (χ4v) is 8.04. The number of phenols is 1. The van der Waals surface area contributed by atoms with Crippen molar-refractivity contribution in [1.29, 1.82) is 0 Å². The molecule has 268 valence electrons. The number of rotatable bonds is 6. The van der Waals surface area contributed by atoms with Crippen molar-refractivity contribution in [3.05, 3.63) is 63.3 Å². The molecule has 3 saturated heterocycles. The molecule has 10 unspecified atom stereocenters. The molecule has 0 amide bonds. The van der Waals surface area contributed by atoms with Gasteiger partial charge < -0.3 is 63.4 Å². The number of cyclic esters (lactones) is 1. The van der Waals surface area contributed by atoms with E-state index in [4.69, 9.17) is 42.6 Å². The number of aromatic hydroxyl groups is 1. The van der Waals surface area contributed by atoms with E-state index in [9.17, 15) is 40.5 Å². The number of benzene rings is 2. The minimum absolute atomic E-state index is 0.0460. The van der Waals surface area contributed by atoms with Gasteiger partial charge in [-0.3, -0.25) is 19.7 Å². The molecule has 1 aliphatic carbocycles. The summed E-state index contributed by atoms with van der Waals surface area (Å²) in [7, 11) is 2.69. The molecule has 50 heavy (non-hydrogen) atoms. The first kappa shape index (κ1) is 33.4. The number of thiophene rings is 1. The number of ether oxygens (including phenoxy) is 9. The van der Waals surface area contributed by atoms with Crippen LogP contribution in [0.15, 0.2) is 41.8 Å². The predicted octanol–water partition coefficient (Wildman–Crippen LogP) is 0.0297. The summed E-state index contributed by atoms with van der Waals surface area (Å²) < 4.78 is 50.0. The summed E-state index contributed by atoms with van der Waals surface area (Å²) >= 11 is 1.21. The molecule has 5 aliphatic rings. The average molecular weight is 721 g/mol. The summed E-state index contributed by atoms with van der Waals surface area (Å²) in [6.45, 7) is -0.176. The predicted molar refractivity (Wildman–Crippen MR) is 161 cm³/mol. The SMILES string of the molecule is COc1cc(C2c3cc4c(cc3C(OC3OC5C(OC(c6cccs6)OC5(O)O)C(O)C3O)C3COC(=O)C23)OC(O)(O)O4)cc(OC)c1O. The van der Waals surface area contributed by atoms with Gasteiger partial charge in [-0.05, 0) is 52.4 Å². The van der Waals surface area contributed by atoms with Crippen molar-refractivity contribution in [3.8, 4) is 28.7 Å². The molecule has 0 radical (unpaired) electrons. The van der Waals surface area contributed by atoms with Crippen molar-refractivity contribution in [3.63, 3.8) is 0 Å². The van der Waals surface area contributed by atoms with Gasteiger partial charge in [-0.2, -0.15) is 0 Å². The highest BCUT2D eigenvalue weighted by atomic mass is 32.1. The first-order chi connectivity index (χ1) is 23.8. The van der Waals surface area contributed by atoms with Crippen LogP contribution in [0, 0.1) is 11.8 Å². The lowest BCUT2D eigenvalue weighted by molar-refractivity contribution is -0.502. The highest BCUT2D eigenvalue weighted by Crippen LogP contribution is 2.57. The third-order valence-electron chi connectivity index (χ3n) is 9.57. The molecule has 2 aromatic carbocycles. The zero-order valence-corrected chi connectivity index (χ0v) is 27.0. The van der Waals surface area contributed by atoms with E-state index in [1.54, 1.807) is 17.5 Å². The van der Waals surface area contributed by atoms with Crippen molar-refractivity contribution < 1.29 is 83.2 Å². The van der Waals surface area contributed by atoms with Crippen LogP contribution >= 0.6 is 11.3 Å². The summed E-state index contributed by atoms with van der Waals surface area (Å²) in [6.07, 6.45) is -14.0. The molecule has 0 bridgehead atoms. The second-order valence-electron chi connectivity index (χ2n) is 12.4. The van der Waals surface area contributed by atoms with Crippen molar-refractivity contribution >= 4 is 17.3 Å². The van der Waals surface area contributed by atoms with Crippen LogP contribution in [0.25, 0.3) is 0 Å². The Balaban J connectivity index is 1.20. The second kappa shape index (κ2) is 11.9. The Bertz CT molecular complexity index is 1770. The second-order valence-corrected chi connectivity index (χ2v) is 13.4. The van der Waals surface area contributed by atoms with E-state index in [0.29, 0.717) is 21.6 Å². The minimum Gasteiger partial charge on any atom is -0.502 e. The number of carbonyl (C=O) groups excluding carboxylic acids is 1. The Morgan fingerprint density at radius 3 is 2.24 bits per heavy atom. The number of methoxy groups -OCH3 is 2. The van der Waals surface area contributed by atoms with Gasteiger partial charge in [0.2, 0.25) is 5.75 Å². The lowest BCUT2D eigenvalue weighted by atomic mass is 9.66. The Morgan fingerprint density at radius 1 is 0.920 bits per heavy atom. The maximum absolute atomic E-state index is 13.5. The molecule has 0 saturated carbocycles. The van der Waals surface area contributed by atoms with Gasteiger partial charge in [0.1, 0.15) is 18.3 Å². The fraction of sp³-hybridized carbons (Fsp3) is 0.469. The van der Waals surface area contributed by atoms with Crippen LogP contribution in [0.5, 0.6) is 28.7 Å². The van der Waals surface area contributed by atoms with Gasteiger partial charge in [0.05, 0.1) is 37.7 Å². The first-order valence-electron chi connectivity index (χ1n) is 15.4. The van der Waals surface area contributed by atoms with Gasteiger partial charge in [0.15, 0.2) is 41.7 Å². The van der Waals surface area contributed by atoms with Crippen LogP contribution < -0.4 is 18.9 Å². The van der Waals surface area contributed by atoms with Gasteiger partial charge in [0.25, 0.3) is 0 Å². The van der Waals surface area contributed by atoms with Gasteiger partial charge in [-0.15, -0.1) is 11.3 Å². The number of phenolic OH excluding ortho intramolecular Hbond substituents is 1. The van der Waals surface area contributed by atoms with Crippen LogP contribution in [-0.2, 0) is 28.5 Å². The zero-order valence-electron chi connectivity index (χ0n) is 26.1. The molecule has 0 spiro atoms. The van der Waals surface area contributed by atoms with Crippen molar-refractivity contribution in [2.24, 2.45) is 11.8 Å². The number of aliphatic hydroxyl groups excluding tert-OH is 2. The number of carbonyl (C=O) groups is 1. The highest BCUT2D eigenvalue weighted by molar-refractivity contribution is 7.10. The van der Waals surface area contributed by atoms with E-state index in [1.165, 1.54) is 49.8 Å². The Kier molecular flexibility index (Phi) is 7.93. The maximum atomic E-state index is 13.5. The van der Waals surface area contributed by atoms with Gasteiger partial charge in [0, 0.05) is 11.8 Å². The van der Waals surface area contributed by atoms with Crippen LogP contribution in [0.3, 0.4) is 0 Å². The fourth-order valence-electron chi connectivity index (χ4n) is 7.36. The zero-order chi connectivity index (χ0) is 35.3. The molecule has 4 aliphatic heterocycles. The first-order valence-corrected chi connectivity index (χ1v) is 16.3. The van der Waals surface area contributed by atoms with Gasteiger partial charge in [-0.1, -0.05) is 6.07 Å². The maximum Gasteiger partial charge on any atom is 0.505 e. The summed E-state index contributed by atoms with van der Waals surface area (Å²) in [5, 5.41) is 77.0. The lowest BCUT2D eigenvalue weighted by Gasteiger charge is -2.51. The Hall–Kier alpha value is -3.79. The Labute approximate surface area is 286 Å². The van der Waals surface area contributed by atoms with E-state index in [0.717, 1.165) is 0 Å². The van der Waals surface area contributed by atoms with Crippen molar-refractivity contribution in [2.75, 3.05) is 20.8 Å². The third kappa shape index (κ3) is 5.27. The van der Waals surface area contributed by atoms with E-state index in [2.05, 4.69) is 0 Å². The molecule has 3 fully saturated rings. The van der Waals surface area contributed by atoms with Crippen LogP contribution in [0.4, 0.5) is 0 Å². The van der Waals surface area contributed by atoms with E-state index >= 15 is 0 Å². The average Bonchev–Trinajstić information content (AvgIpc) is 3.81. The van der Waals surface area contributed by atoms with E-state index in [-0.39, 0.29) is 35.4 Å². The minimum atomic E-state index is -3.01. The number of hydrogen-bond acceptors (Lipinski definition) is 18.